The summed E-state index contributed by atoms with van der Waals surface area (Å²) >= 11 is 1.25. The molecule has 0 amide bonds. The molecular weight excluding hydrogens is 355 g/mol. The predicted molar refractivity (Wildman–Crippen MR) is 95.6 cm³/mol. The van der Waals surface area contributed by atoms with Crippen LogP contribution in [0, 0.1) is 5.82 Å². The molecule has 0 aliphatic heterocycles. The first-order chi connectivity index (χ1) is 12.6. The number of nitrogens with zero attached hydrogens (tertiary/aromatic N) is 2. The SMILES string of the molecule is O=C(c1cccs1)n1oc(=O)c(-c2ccc(F)cc2)c1-c1ccncc1. The van der Waals surface area contributed by atoms with E-state index in [0.29, 0.717) is 21.7 Å². The van der Waals surface area contributed by atoms with E-state index in [1.54, 1.807) is 42.0 Å². The second kappa shape index (κ2) is 6.53. The standard InChI is InChI=1S/C19H11FN2O3S/c20-14-5-3-12(4-6-14)16-17(13-7-9-21-10-8-13)22(25-19(16)24)18(23)15-2-1-11-26-15/h1-11H. The van der Waals surface area contributed by atoms with Crippen molar-refractivity contribution in [1.82, 2.24) is 9.72 Å². The van der Waals surface area contributed by atoms with Crippen LogP contribution in [0.1, 0.15) is 9.67 Å². The molecule has 1 aromatic carbocycles. The number of hydrogen-bond donors (Lipinski definition) is 0. The number of benzene rings is 1. The predicted octanol–water partition coefficient (Wildman–Crippen LogP) is 4.06. The highest BCUT2D eigenvalue weighted by Crippen LogP contribution is 2.31. The molecule has 7 heteroatoms. The number of pyridine rings is 1. The highest BCUT2D eigenvalue weighted by Gasteiger charge is 2.25. The van der Waals surface area contributed by atoms with Crippen LogP contribution in [0.4, 0.5) is 4.39 Å². The second-order valence-electron chi connectivity index (χ2n) is 5.42. The Hall–Kier alpha value is -3.32. The van der Waals surface area contributed by atoms with Crippen molar-refractivity contribution in [2.24, 2.45) is 0 Å². The first-order valence-electron chi connectivity index (χ1n) is 7.66. The molecule has 26 heavy (non-hydrogen) atoms. The molecule has 0 saturated heterocycles. The van der Waals surface area contributed by atoms with E-state index in [1.165, 1.54) is 35.6 Å². The summed E-state index contributed by atoms with van der Waals surface area (Å²) in [5, 5.41) is 1.77. The monoisotopic (exact) mass is 366 g/mol. The third-order valence-electron chi connectivity index (χ3n) is 3.82. The van der Waals surface area contributed by atoms with Gasteiger partial charge in [0.1, 0.15) is 11.5 Å². The molecule has 0 aliphatic carbocycles. The maximum absolute atomic E-state index is 13.3. The van der Waals surface area contributed by atoms with E-state index < -0.39 is 17.3 Å². The van der Waals surface area contributed by atoms with Gasteiger partial charge in [-0.05, 0) is 41.3 Å². The third-order valence-corrected chi connectivity index (χ3v) is 4.68. The zero-order valence-corrected chi connectivity index (χ0v) is 14.1. The van der Waals surface area contributed by atoms with Crippen molar-refractivity contribution in [3.8, 4) is 22.4 Å². The van der Waals surface area contributed by atoms with Crippen molar-refractivity contribution >= 4 is 17.2 Å². The van der Waals surface area contributed by atoms with Crippen LogP contribution in [0.3, 0.4) is 0 Å². The molecule has 0 saturated carbocycles. The van der Waals surface area contributed by atoms with Crippen molar-refractivity contribution in [2.45, 2.75) is 0 Å². The number of aromatic nitrogens is 2. The Morgan fingerprint density at radius 1 is 1.04 bits per heavy atom. The van der Waals surface area contributed by atoms with Crippen molar-refractivity contribution in [3.05, 3.63) is 87.4 Å². The Kier molecular flexibility index (Phi) is 4.06. The van der Waals surface area contributed by atoms with Gasteiger partial charge in [0.05, 0.1) is 10.4 Å². The molecule has 128 valence electrons. The molecule has 3 heterocycles. The molecule has 0 aliphatic rings. The van der Waals surface area contributed by atoms with Gasteiger partial charge in [-0.25, -0.2) is 9.18 Å². The van der Waals surface area contributed by atoms with E-state index in [4.69, 9.17) is 4.52 Å². The van der Waals surface area contributed by atoms with E-state index in [2.05, 4.69) is 4.98 Å². The van der Waals surface area contributed by atoms with E-state index in [-0.39, 0.29) is 5.56 Å². The van der Waals surface area contributed by atoms with Crippen LogP contribution in [-0.4, -0.2) is 15.6 Å². The molecule has 0 bridgehead atoms. The third kappa shape index (κ3) is 2.78. The molecule has 0 N–H and O–H groups in total. The normalized spacial score (nSPS) is 10.8. The van der Waals surface area contributed by atoms with Crippen LogP contribution in [-0.2, 0) is 0 Å². The lowest BCUT2D eigenvalue weighted by Crippen LogP contribution is -2.11. The summed E-state index contributed by atoms with van der Waals surface area (Å²) in [4.78, 5) is 29.8. The number of thiophene rings is 1. The summed E-state index contributed by atoms with van der Waals surface area (Å²) in [7, 11) is 0. The van der Waals surface area contributed by atoms with Crippen LogP contribution in [0.2, 0.25) is 0 Å². The molecular formula is C19H11FN2O3S. The van der Waals surface area contributed by atoms with Gasteiger partial charge in [-0.2, -0.15) is 0 Å². The number of carbonyl (C=O) groups is 1. The van der Waals surface area contributed by atoms with Gasteiger partial charge in [-0.15, -0.1) is 16.1 Å². The lowest BCUT2D eigenvalue weighted by Gasteiger charge is -2.06. The first kappa shape index (κ1) is 16.2. The molecule has 0 atom stereocenters. The van der Waals surface area contributed by atoms with E-state index in [9.17, 15) is 14.0 Å². The summed E-state index contributed by atoms with van der Waals surface area (Å²) in [5.74, 6) is -0.866. The van der Waals surface area contributed by atoms with Gasteiger partial charge in [0, 0.05) is 18.0 Å². The molecule has 5 nitrogen and oxygen atoms in total. The van der Waals surface area contributed by atoms with Crippen LogP contribution in [0.5, 0.6) is 0 Å². The van der Waals surface area contributed by atoms with Gasteiger partial charge in [-0.3, -0.25) is 9.78 Å². The minimum absolute atomic E-state index is 0.195. The minimum atomic E-state index is -0.673. The molecule has 0 fully saturated rings. The summed E-state index contributed by atoms with van der Waals surface area (Å²) in [6.07, 6.45) is 3.11. The fraction of sp³-hybridized carbons (Fsp3) is 0. The average Bonchev–Trinajstić information content (AvgIpc) is 3.31. The Bertz CT molecular complexity index is 1110. The zero-order chi connectivity index (χ0) is 18.1. The number of hydrogen-bond acceptors (Lipinski definition) is 5. The highest BCUT2D eigenvalue weighted by molar-refractivity contribution is 7.12. The molecule has 3 aromatic heterocycles. The van der Waals surface area contributed by atoms with Gasteiger partial charge in [0.15, 0.2) is 0 Å². The van der Waals surface area contributed by atoms with Gasteiger partial charge in [-0.1, -0.05) is 18.2 Å². The largest absolute Gasteiger partial charge is 0.366 e. The molecule has 4 aromatic rings. The molecule has 0 radical (unpaired) electrons. The lowest BCUT2D eigenvalue weighted by atomic mass is 10.0. The van der Waals surface area contributed by atoms with E-state index in [0.717, 1.165) is 4.74 Å². The Labute approximate surface area is 150 Å². The highest BCUT2D eigenvalue weighted by atomic mass is 32.1. The smallest absolute Gasteiger partial charge is 0.327 e. The van der Waals surface area contributed by atoms with E-state index >= 15 is 0 Å². The zero-order valence-electron chi connectivity index (χ0n) is 13.3. The number of rotatable bonds is 3. The fourth-order valence-corrected chi connectivity index (χ4v) is 3.30. The van der Waals surface area contributed by atoms with Crippen LogP contribution >= 0.6 is 11.3 Å². The quantitative estimate of drug-likeness (QED) is 0.548. The van der Waals surface area contributed by atoms with Crippen molar-refractivity contribution in [3.63, 3.8) is 0 Å². The van der Waals surface area contributed by atoms with Crippen LogP contribution in [0.15, 0.2) is 75.6 Å². The van der Waals surface area contributed by atoms with E-state index in [1.807, 2.05) is 0 Å². The van der Waals surface area contributed by atoms with Gasteiger partial charge in [0.25, 0.3) is 0 Å². The maximum Gasteiger partial charge on any atom is 0.366 e. The Morgan fingerprint density at radius 3 is 2.42 bits per heavy atom. The molecule has 0 spiro atoms. The summed E-state index contributed by atoms with van der Waals surface area (Å²) < 4.78 is 19.5. The average molecular weight is 366 g/mol. The van der Waals surface area contributed by atoms with Gasteiger partial charge >= 0.3 is 11.5 Å². The van der Waals surface area contributed by atoms with Crippen molar-refractivity contribution in [2.75, 3.05) is 0 Å². The van der Waals surface area contributed by atoms with Gasteiger partial charge < -0.3 is 4.52 Å². The second-order valence-corrected chi connectivity index (χ2v) is 6.37. The summed E-state index contributed by atoms with van der Waals surface area (Å²) in [6, 6.07) is 12.2. The fourth-order valence-electron chi connectivity index (χ4n) is 2.66. The Morgan fingerprint density at radius 2 is 1.77 bits per heavy atom. The van der Waals surface area contributed by atoms with Gasteiger partial charge in [0.2, 0.25) is 0 Å². The minimum Gasteiger partial charge on any atom is -0.327 e. The lowest BCUT2D eigenvalue weighted by molar-refractivity contribution is 0.0848. The van der Waals surface area contributed by atoms with Crippen molar-refractivity contribution in [1.29, 1.82) is 0 Å². The van der Waals surface area contributed by atoms with Crippen LogP contribution < -0.4 is 5.63 Å². The maximum atomic E-state index is 13.3. The number of halogens is 1. The first-order valence-corrected chi connectivity index (χ1v) is 8.54. The molecule has 4 rings (SSSR count). The molecule has 0 unspecified atom stereocenters. The summed E-state index contributed by atoms with van der Waals surface area (Å²) in [6.45, 7) is 0. The number of carbonyl (C=O) groups excluding carboxylic acids is 1. The summed E-state index contributed by atoms with van der Waals surface area (Å²) in [5.41, 5.74) is 0.886. The van der Waals surface area contributed by atoms with Crippen LogP contribution in [0.25, 0.3) is 22.4 Å². The Balaban J connectivity index is 1.99. The topological polar surface area (TPSA) is 65.1 Å². The van der Waals surface area contributed by atoms with Crippen molar-refractivity contribution < 1.29 is 13.7 Å².